The summed E-state index contributed by atoms with van der Waals surface area (Å²) in [6.45, 7) is 5.65. The van der Waals surface area contributed by atoms with Crippen LogP contribution in [0.1, 0.15) is 37.7 Å². The first-order valence-corrected chi connectivity index (χ1v) is 10.2. The molecule has 142 valence electrons. The lowest BCUT2D eigenvalue weighted by Gasteiger charge is -2.39. The van der Waals surface area contributed by atoms with Gasteiger partial charge in [-0.1, -0.05) is 12.8 Å². The van der Waals surface area contributed by atoms with Gasteiger partial charge in [-0.2, -0.15) is 0 Å². The SMILES string of the molecule is COc1ccc2c(c1)CCCN2C(=O)CN1CCN(C2CCCC2)CC1. The molecule has 1 saturated heterocycles. The van der Waals surface area contributed by atoms with E-state index in [1.54, 1.807) is 7.11 Å². The first-order valence-electron chi connectivity index (χ1n) is 10.2. The van der Waals surface area contributed by atoms with Crippen LogP contribution in [0.3, 0.4) is 0 Å². The standard InChI is InChI=1S/C21H31N3O2/c1-26-19-8-9-20-17(15-19)5-4-10-24(20)21(25)16-22-11-13-23(14-12-22)18-6-2-3-7-18/h8-9,15,18H,2-7,10-14,16H2,1H3. The molecule has 0 radical (unpaired) electrons. The highest BCUT2D eigenvalue weighted by molar-refractivity contribution is 5.96. The number of nitrogens with zero attached hydrogens (tertiary/aromatic N) is 3. The van der Waals surface area contributed by atoms with E-state index in [9.17, 15) is 4.79 Å². The molecule has 0 unspecified atom stereocenters. The van der Waals surface area contributed by atoms with E-state index in [0.29, 0.717) is 6.54 Å². The molecular formula is C21H31N3O2. The summed E-state index contributed by atoms with van der Waals surface area (Å²) in [7, 11) is 1.69. The van der Waals surface area contributed by atoms with Crippen LogP contribution in [0.25, 0.3) is 0 Å². The lowest BCUT2D eigenvalue weighted by atomic mass is 10.0. The summed E-state index contributed by atoms with van der Waals surface area (Å²) in [5, 5.41) is 0. The molecule has 0 N–H and O–H groups in total. The average molecular weight is 357 g/mol. The maximum absolute atomic E-state index is 13.0. The molecule has 0 atom stereocenters. The highest BCUT2D eigenvalue weighted by Crippen LogP contribution is 2.31. The molecule has 5 nitrogen and oxygen atoms in total. The van der Waals surface area contributed by atoms with Gasteiger partial charge in [-0.15, -0.1) is 0 Å². The lowest BCUT2D eigenvalue weighted by Crippen LogP contribution is -2.52. The third kappa shape index (κ3) is 3.74. The molecule has 2 fully saturated rings. The number of rotatable bonds is 4. The molecule has 1 aliphatic carbocycles. The highest BCUT2D eigenvalue weighted by atomic mass is 16.5. The Morgan fingerprint density at radius 1 is 1.08 bits per heavy atom. The van der Waals surface area contributed by atoms with E-state index in [4.69, 9.17) is 4.74 Å². The minimum atomic E-state index is 0.241. The molecule has 1 amide bonds. The zero-order valence-corrected chi connectivity index (χ0v) is 16.0. The molecule has 3 aliphatic rings. The van der Waals surface area contributed by atoms with Crippen LogP contribution >= 0.6 is 0 Å². The predicted molar refractivity (Wildman–Crippen MR) is 104 cm³/mol. The van der Waals surface area contributed by atoms with Crippen molar-refractivity contribution in [3.63, 3.8) is 0 Å². The van der Waals surface area contributed by atoms with Crippen molar-refractivity contribution in [3.05, 3.63) is 23.8 Å². The van der Waals surface area contributed by atoms with Gasteiger partial charge in [0.1, 0.15) is 5.75 Å². The van der Waals surface area contributed by atoms with E-state index in [0.717, 1.165) is 63.0 Å². The van der Waals surface area contributed by atoms with Crippen molar-refractivity contribution >= 4 is 11.6 Å². The molecule has 1 aromatic carbocycles. The number of fused-ring (bicyclic) bond motifs is 1. The monoisotopic (exact) mass is 357 g/mol. The molecular weight excluding hydrogens is 326 g/mol. The number of carbonyl (C=O) groups excluding carboxylic acids is 1. The number of amides is 1. The number of aryl methyl sites for hydroxylation is 1. The maximum atomic E-state index is 13.0. The predicted octanol–water partition coefficient (Wildman–Crippen LogP) is 2.53. The largest absolute Gasteiger partial charge is 0.497 e. The van der Waals surface area contributed by atoms with Gasteiger partial charge in [0.2, 0.25) is 5.91 Å². The minimum absolute atomic E-state index is 0.241. The van der Waals surface area contributed by atoms with E-state index in [2.05, 4.69) is 15.9 Å². The molecule has 0 aromatic heterocycles. The van der Waals surface area contributed by atoms with Crippen molar-refractivity contribution in [2.75, 3.05) is 51.3 Å². The average Bonchev–Trinajstić information content (AvgIpc) is 3.22. The Morgan fingerprint density at radius 2 is 1.85 bits per heavy atom. The second kappa shape index (κ2) is 7.97. The molecule has 2 heterocycles. The van der Waals surface area contributed by atoms with Gasteiger partial charge in [-0.05, 0) is 49.4 Å². The van der Waals surface area contributed by atoms with Crippen molar-refractivity contribution in [2.24, 2.45) is 0 Å². The summed E-state index contributed by atoms with van der Waals surface area (Å²) in [5.41, 5.74) is 2.31. The maximum Gasteiger partial charge on any atom is 0.241 e. The van der Waals surface area contributed by atoms with Crippen LogP contribution in [0.4, 0.5) is 5.69 Å². The summed E-state index contributed by atoms with van der Waals surface area (Å²) in [4.78, 5) is 19.9. The molecule has 26 heavy (non-hydrogen) atoms. The van der Waals surface area contributed by atoms with Crippen molar-refractivity contribution < 1.29 is 9.53 Å². The summed E-state index contributed by atoms with van der Waals surface area (Å²) < 4.78 is 5.33. The number of carbonyl (C=O) groups is 1. The van der Waals surface area contributed by atoms with Gasteiger partial charge >= 0.3 is 0 Å². The molecule has 1 saturated carbocycles. The van der Waals surface area contributed by atoms with Crippen LogP contribution in [0.5, 0.6) is 5.75 Å². The first kappa shape index (κ1) is 17.8. The van der Waals surface area contributed by atoms with Crippen LogP contribution < -0.4 is 9.64 Å². The Kier molecular flexibility index (Phi) is 5.46. The number of hydrogen-bond donors (Lipinski definition) is 0. The van der Waals surface area contributed by atoms with Gasteiger partial charge < -0.3 is 9.64 Å². The Labute approximate surface area is 156 Å². The van der Waals surface area contributed by atoms with E-state index >= 15 is 0 Å². The van der Waals surface area contributed by atoms with Crippen molar-refractivity contribution in [2.45, 2.75) is 44.6 Å². The number of anilines is 1. The van der Waals surface area contributed by atoms with Gasteiger partial charge in [0.25, 0.3) is 0 Å². The molecule has 0 spiro atoms. The van der Waals surface area contributed by atoms with E-state index < -0.39 is 0 Å². The fraction of sp³-hybridized carbons (Fsp3) is 0.667. The van der Waals surface area contributed by atoms with Gasteiger partial charge in [-0.3, -0.25) is 14.6 Å². The summed E-state index contributed by atoms with van der Waals surface area (Å²) in [5.74, 6) is 1.12. The summed E-state index contributed by atoms with van der Waals surface area (Å²) >= 11 is 0. The molecule has 1 aromatic rings. The van der Waals surface area contributed by atoms with Crippen molar-refractivity contribution in [1.29, 1.82) is 0 Å². The van der Waals surface area contributed by atoms with E-state index in [1.807, 2.05) is 17.0 Å². The second-order valence-electron chi connectivity index (χ2n) is 7.89. The van der Waals surface area contributed by atoms with Gasteiger partial charge in [0.05, 0.1) is 13.7 Å². The smallest absolute Gasteiger partial charge is 0.241 e. The summed E-state index contributed by atoms with van der Waals surface area (Å²) in [6.07, 6.45) is 7.57. The molecule has 5 heteroatoms. The number of piperazine rings is 1. The Morgan fingerprint density at radius 3 is 2.58 bits per heavy atom. The van der Waals surface area contributed by atoms with E-state index in [1.165, 1.54) is 31.2 Å². The number of hydrogen-bond acceptors (Lipinski definition) is 4. The zero-order chi connectivity index (χ0) is 17.9. The molecule has 0 bridgehead atoms. The Bertz CT molecular complexity index is 634. The van der Waals surface area contributed by atoms with Crippen LogP contribution in [0, 0.1) is 0 Å². The van der Waals surface area contributed by atoms with Crippen molar-refractivity contribution in [1.82, 2.24) is 9.80 Å². The van der Waals surface area contributed by atoms with Crippen LogP contribution in [0.2, 0.25) is 0 Å². The first-order chi connectivity index (χ1) is 12.7. The second-order valence-corrected chi connectivity index (χ2v) is 7.89. The third-order valence-corrected chi connectivity index (χ3v) is 6.31. The molecule has 2 aliphatic heterocycles. The van der Waals surface area contributed by atoms with Gasteiger partial charge in [0, 0.05) is 44.5 Å². The minimum Gasteiger partial charge on any atom is -0.497 e. The van der Waals surface area contributed by atoms with Crippen LogP contribution in [-0.2, 0) is 11.2 Å². The Hall–Kier alpha value is -1.59. The van der Waals surface area contributed by atoms with E-state index in [-0.39, 0.29) is 5.91 Å². The summed E-state index contributed by atoms with van der Waals surface area (Å²) in [6, 6.07) is 6.89. The van der Waals surface area contributed by atoms with Gasteiger partial charge in [-0.25, -0.2) is 0 Å². The number of methoxy groups -OCH3 is 1. The van der Waals surface area contributed by atoms with Crippen LogP contribution in [0.15, 0.2) is 18.2 Å². The third-order valence-electron chi connectivity index (χ3n) is 6.31. The normalized spacial score (nSPS) is 22.4. The Balaban J connectivity index is 1.34. The molecule has 4 rings (SSSR count). The fourth-order valence-corrected chi connectivity index (χ4v) is 4.79. The quantitative estimate of drug-likeness (QED) is 0.830. The van der Waals surface area contributed by atoms with Crippen molar-refractivity contribution in [3.8, 4) is 5.75 Å². The lowest BCUT2D eigenvalue weighted by molar-refractivity contribution is -0.120. The number of benzene rings is 1. The topological polar surface area (TPSA) is 36.0 Å². The highest BCUT2D eigenvalue weighted by Gasteiger charge is 2.29. The zero-order valence-electron chi connectivity index (χ0n) is 16.0. The number of ether oxygens (including phenoxy) is 1. The van der Waals surface area contributed by atoms with Gasteiger partial charge in [0.15, 0.2) is 0 Å². The van der Waals surface area contributed by atoms with Crippen LogP contribution in [-0.4, -0.2) is 68.1 Å². The fourth-order valence-electron chi connectivity index (χ4n) is 4.79.